The summed E-state index contributed by atoms with van der Waals surface area (Å²) in [6, 6.07) is 11.6. The number of aromatic nitrogens is 3. The van der Waals surface area contributed by atoms with Gasteiger partial charge in [-0.1, -0.05) is 23.7 Å². The van der Waals surface area contributed by atoms with Crippen LogP contribution in [0.2, 0.25) is 5.02 Å². The van der Waals surface area contributed by atoms with E-state index in [0.29, 0.717) is 16.2 Å². The molecule has 0 saturated carbocycles. The smallest absolute Gasteiger partial charge is 0.254 e. The Bertz CT molecular complexity index is 1290. The summed E-state index contributed by atoms with van der Waals surface area (Å²) in [7, 11) is 0. The number of aliphatic hydroxyl groups is 1. The second-order valence-corrected chi connectivity index (χ2v) is 7.52. The lowest BCUT2D eigenvalue weighted by Crippen LogP contribution is -2.26. The predicted octanol–water partition coefficient (Wildman–Crippen LogP) is 3.76. The van der Waals surface area contributed by atoms with Crippen LogP contribution in [0.3, 0.4) is 0 Å². The average Bonchev–Trinajstić information content (AvgIpc) is 3.13. The Balaban J connectivity index is 1.51. The van der Waals surface area contributed by atoms with Crippen LogP contribution in [0.1, 0.15) is 28.4 Å². The highest BCUT2D eigenvalue weighted by Crippen LogP contribution is 2.29. The molecule has 1 atom stereocenters. The third-order valence-corrected chi connectivity index (χ3v) is 5.19. The number of anilines is 1. The molecule has 1 amide bonds. The summed E-state index contributed by atoms with van der Waals surface area (Å²) in [4.78, 5) is 16.5. The van der Waals surface area contributed by atoms with Crippen LogP contribution in [0, 0.1) is 11.6 Å². The third-order valence-electron chi connectivity index (χ3n) is 4.94. The number of nitrogens with one attached hydrogen (secondary N) is 1. The molecule has 2 heterocycles. The number of nitrogens with zero attached hydrogens (tertiary/aromatic N) is 3. The maximum Gasteiger partial charge on any atom is 0.254 e. The molecule has 4 N–H and O–H groups in total. The molecule has 0 spiro atoms. The number of hydrogen-bond acceptors (Lipinski definition) is 5. The molecule has 7 nitrogen and oxygen atoms in total. The van der Waals surface area contributed by atoms with Crippen molar-refractivity contribution in [3.8, 4) is 11.1 Å². The summed E-state index contributed by atoms with van der Waals surface area (Å²) in [6.07, 6.45) is 0.842. The third kappa shape index (κ3) is 4.39. The van der Waals surface area contributed by atoms with E-state index in [0.717, 1.165) is 12.1 Å². The minimum Gasteiger partial charge on any atom is -0.388 e. The Labute approximate surface area is 186 Å². The number of nitrogen functional groups attached to an aromatic ring is 1. The van der Waals surface area contributed by atoms with Crippen LogP contribution in [-0.2, 0) is 0 Å². The van der Waals surface area contributed by atoms with Crippen molar-refractivity contribution in [3.63, 3.8) is 0 Å². The number of hydrogen-bond donors (Lipinski definition) is 3. The topological polar surface area (TPSA) is 106 Å². The van der Waals surface area contributed by atoms with Gasteiger partial charge in [-0.05, 0) is 53.9 Å². The number of pyridine rings is 1. The zero-order chi connectivity index (χ0) is 22.8. The number of halogens is 3. The number of carbonyl (C=O) groups excluding carboxylic acids is 1. The minimum atomic E-state index is -1.00. The van der Waals surface area contributed by atoms with Gasteiger partial charge in [0.1, 0.15) is 11.6 Å². The zero-order valence-electron chi connectivity index (χ0n) is 16.6. The number of amides is 1. The molecular formula is C22H18ClF2N5O2. The number of aliphatic hydroxyl groups excluding tert-OH is 1. The van der Waals surface area contributed by atoms with Crippen molar-refractivity contribution in [2.24, 2.45) is 0 Å². The fourth-order valence-corrected chi connectivity index (χ4v) is 3.44. The number of nitrogens with two attached hydrogens (primary N) is 1. The Morgan fingerprint density at radius 1 is 1.19 bits per heavy atom. The lowest BCUT2D eigenvalue weighted by atomic mass is 10.0. The molecule has 0 radical (unpaired) electrons. The number of carbonyl (C=O) groups is 1. The van der Waals surface area contributed by atoms with Gasteiger partial charge >= 0.3 is 0 Å². The van der Waals surface area contributed by atoms with Gasteiger partial charge in [-0.2, -0.15) is 4.98 Å². The molecule has 0 fully saturated rings. The first-order valence-electron chi connectivity index (χ1n) is 9.65. The van der Waals surface area contributed by atoms with E-state index in [1.807, 2.05) is 0 Å². The molecule has 0 aliphatic heterocycles. The fourth-order valence-electron chi connectivity index (χ4n) is 3.32. The van der Waals surface area contributed by atoms with Crippen molar-refractivity contribution < 1.29 is 18.7 Å². The standard InChI is InChI=1S/C22H18ClF2N5O2/c23-14-3-1-12(2-4-14)17(31)7-9-27-21(32)15-5-6-16(24)19(20(15)25)13-8-10-30-18(11-13)28-22(26)29-30/h1-6,8,10-11,17,31H,7,9H2,(H2,26,29)(H,27,32)/t17-/m1/s1. The van der Waals surface area contributed by atoms with E-state index in [9.17, 15) is 14.3 Å². The molecule has 0 unspecified atom stereocenters. The molecule has 2 aromatic heterocycles. The van der Waals surface area contributed by atoms with E-state index >= 15 is 4.39 Å². The highest BCUT2D eigenvalue weighted by atomic mass is 35.5. The molecule has 0 aliphatic carbocycles. The van der Waals surface area contributed by atoms with Crippen molar-refractivity contribution in [2.75, 3.05) is 12.3 Å². The second kappa shape index (κ2) is 8.89. The zero-order valence-corrected chi connectivity index (χ0v) is 17.4. The first-order chi connectivity index (χ1) is 15.3. The first-order valence-corrected chi connectivity index (χ1v) is 10.0. The van der Waals surface area contributed by atoms with Crippen LogP contribution in [-0.4, -0.2) is 32.2 Å². The van der Waals surface area contributed by atoms with E-state index in [4.69, 9.17) is 17.3 Å². The van der Waals surface area contributed by atoms with Crippen LogP contribution < -0.4 is 11.1 Å². The normalized spacial score (nSPS) is 12.1. The van der Waals surface area contributed by atoms with Crippen LogP contribution in [0.4, 0.5) is 14.7 Å². The second-order valence-electron chi connectivity index (χ2n) is 7.08. The highest BCUT2D eigenvalue weighted by molar-refractivity contribution is 6.30. The highest BCUT2D eigenvalue weighted by Gasteiger charge is 2.21. The van der Waals surface area contributed by atoms with Gasteiger partial charge in [0.05, 0.1) is 17.2 Å². The molecule has 164 valence electrons. The van der Waals surface area contributed by atoms with E-state index in [2.05, 4.69) is 15.4 Å². The maximum absolute atomic E-state index is 15.1. The monoisotopic (exact) mass is 457 g/mol. The molecule has 0 aliphatic rings. The van der Waals surface area contributed by atoms with E-state index in [1.165, 1.54) is 22.8 Å². The van der Waals surface area contributed by atoms with Crippen molar-refractivity contribution in [2.45, 2.75) is 12.5 Å². The first kappa shape index (κ1) is 21.7. The number of fused-ring (bicyclic) bond motifs is 1. The number of rotatable bonds is 6. The van der Waals surface area contributed by atoms with Crippen molar-refractivity contribution in [1.82, 2.24) is 19.9 Å². The number of benzene rings is 2. The van der Waals surface area contributed by atoms with Gasteiger partial charge in [-0.25, -0.2) is 13.3 Å². The Kier molecular flexibility index (Phi) is 6.02. The fraction of sp³-hybridized carbons (Fsp3) is 0.136. The van der Waals surface area contributed by atoms with Crippen molar-refractivity contribution in [1.29, 1.82) is 0 Å². The molecule has 0 bridgehead atoms. The van der Waals surface area contributed by atoms with Crippen molar-refractivity contribution >= 4 is 29.1 Å². The van der Waals surface area contributed by atoms with Gasteiger partial charge < -0.3 is 16.2 Å². The van der Waals surface area contributed by atoms with Crippen LogP contribution in [0.15, 0.2) is 54.7 Å². The molecule has 32 heavy (non-hydrogen) atoms. The molecule has 4 rings (SSSR count). The molecule has 10 heteroatoms. The van der Waals surface area contributed by atoms with E-state index in [1.54, 1.807) is 24.3 Å². The van der Waals surface area contributed by atoms with Gasteiger partial charge in [0.15, 0.2) is 5.65 Å². The van der Waals surface area contributed by atoms with Gasteiger partial charge in [-0.3, -0.25) is 4.79 Å². The lowest BCUT2D eigenvalue weighted by Gasteiger charge is -2.13. The summed E-state index contributed by atoms with van der Waals surface area (Å²) in [5, 5.41) is 17.2. The van der Waals surface area contributed by atoms with Crippen LogP contribution in [0.25, 0.3) is 16.8 Å². The molecular weight excluding hydrogens is 440 g/mol. The summed E-state index contributed by atoms with van der Waals surface area (Å²) in [5.41, 5.74) is 6.01. The minimum absolute atomic E-state index is 0.0250. The summed E-state index contributed by atoms with van der Waals surface area (Å²) in [5.74, 6) is -2.52. The predicted molar refractivity (Wildman–Crippen MR) is 116 cm³/mol. The van der Waals surface area contributed by atoms with E-state index < -0.39 is 23.6 Å². The SMILES string of the molecule is Nc1nc2cc(-c3c(F)ccc(C(=O)NCC[C@@H](O)c4ccc(Cl)cc4)c3F)ccn2n1. The Hall–Kier alpha value is -3.56. The summed E-state index contributed by atoms with van der Waals surface area (Å²) >= 11 is 5.83. The Morgan fingerprint density at radius 2 is 1.94 bits per heavy atom. The summed E-state index contributed by atoms with van der Waals surface area (Å²) < 4.78 is 31.0. The van der Waals surface area contributed by atoms with Gasteiger partial charge in [0.25, 0.3) is 5.91 Å². The largest absolute Gasteiger partial charge is 0.388 e. The van der Waals surface area contributed by atoms with Crippen LogP contribution >= 0.6 is 11.6 Å². The van der Waals surface area contributed by atoms with Crippen molar-refractivity contribution in [3.05, 3.63) is 82.5 Å². The van der Waals surface area contributed by atoms with Gasteiger partial charge in [0.2, 0.25) is 5.95 Å². The average molecular weight is 458 g/mol. The lowest BCUT2D eigenvalue weighted by molar-refractivity contribution is 0.0938. The van der Waals surface area contributed by atoms with Crippen LogP contribution in [0.5, 0.6) is 0 Å². The van der Waals surface area contributed by atoms with Gasteiger partial charge in [0, 0.05) is 17.8 Å². The quantitative estimate of drug-likeness (QED) is 0.409. The Morgan fingerprint density at radius 3 is 2.69 bits per heavy atom. The molecule has 0 saturated heterocycles. The molecule has 2 aromatic carbocycles. The summed E-state index contributed by atoms with van der Waals surface area (Å²) in [6.45, 7) is 0.0831. The molecule has 4 aromatic rings. The maximum atomic E-state index is 15.1. The van der Waals surface area contributed by atoms with E-state index in [-0.39, 0.29) is 35.6 Å². The van der Waals surface area contributed by atoms with Gasteiger partial charge in [-0.15, -0.1) is 5.10 Å².